The number of allylic oxidation sites excluding steroid dienone is 2. The molecule has 0 aromatic heterocycles. The van der Waals surface area contributed by atoms with E-state index in [0.29, 0.717) is 0 Å². The third-order valence-corrected chi connectivity index (χ3v) is 2.30. The van der Waals surface area contributed by atoms with Crippen molar-refractivity contribution in [2.24, 2.45) is 0 Å². The Morgan fingerprint density at radius 1 is 0.857 bits per heavy atom. The first-order chi connectivity index (χ1) is 6.88. The largest absolute Gasteiger partial charge is 0.463 e. The molecule has 0 atom stereocenters. The van der Waals surface area contributed by atoms with Crippen LogP contribution in [-0.4, -0.2) is 0 Å². The van der Waals surface area contributed by atoms with Crippen LogP contribution in [0.3, 0.4) is 0 Å². The van der Waals surface area contributed by atoms with Gasteiger partial charge in [-0.2, -0.15) is 0 Å². The first-order valence-electron chi connectivity index (χ1n) is 5.58. The highest BCUT2D eigenvalue weighted by molar-refractivity contribution is 5.07. The van der Waals surface area contributed by atoms with Gasteiger partial charge in [0.15, 0.2) is 0 Å². The molecule has 1 aliphatic heterocycles. The fraction of sp³-hybridized carbons (Fsp3) is 0.667. The summed E-state index contributed by atoms with van der Waals surface area (Å²) < 4.78 is 10.9. The summed E-state index contributed by atoms with van der Waals surface area (Å²) in [6, 6.07) is 0. The van der Waals surface area contributed by atoms with Crippen molar-refractivity contribution in [3.8, 4) is 0 Å². The van der Waals surface area contributed by atoms with Gasteiger partial charge in [0.05, 0.1) is 0 Å². The Balaban J connectivity index is 2.47. The van der Waals surface area contributed by atoms with Crippen LogP contribution in [0.5, 0.6) is 0 Å². The summed E-state index contributed by atoms with van der Waals surface area (Å²) in [5, 5.41) is 0. The van der Waals surface area contributed by atoms with Crippen molar-refractivity contribution in [2.45, 2.75) is 52.4 Å². The number of ether oxygens (including phenoxy) is 2. The van der Waals surface area contributed by atoms with E-state index in [2.05, 4.69) is 13.8 Å². The molecule has 0 amide bonds. The zero-order valence-electron chi connectivity index (χ0n) is 9.21. The zero-order chi connectivity index (χ0) is 10.2. The van der Waals surface area contributed by atoms with Crippen molar-refractivity contribution in [3.05, 3.63) is 24.0 Å². The van der Waals surface area contributed by atoms with Crippen molar-refractivity contribution in [1.29, 1.82) is 0 Å². The van der Waals surface area contributed by atoms with E-state index in [1.165, 1.54) is 25.7 Å². The molecule has 1 rings (SSSR count). The van der Waals surface area contributed by atoms with Crippen LogP contribution in [0.4, 0.5) is 0 Å². The van der Waals surface area contributed by atoms with Gasteiger partial charge in [-0.3, -0.25) is 0 Å². The molecule has 1 aliphatic rings. The maximum Gasteiger partial charge on any atom is 0.141 e. The molecule has 80 valence electrons. The van der Waals surface area contributed by atoms with Gasteiger partial charge in [0.25, 0.3) is 0 Å². The highest BCUT2D eigenvalue weighted by atomic mass is 16.5. The molecule has 0 radical (unpaired) electrons. The van der Waals surface area contributed by atoms with E-state index in [1.807, 2.05) is 0 Å². The van der Waals surface area contributed by atoms with Gasteiger partial charge in [0.1, 0.15) is 24.0 Å². The highest BCUT2D eigenvalue weighted by Gasteiger charge is 2.11. The molecular formula is C12H20O2. The Bertz CT molecular complexity index is 194. The molecule has 0 spiro atoms. The molecule has 2 heteroatoms. The number of hydrogen-bond acceptors (Lipinski definition) is 2. The van der Waals surface area contributed by atoms with Crippen molar-refractivity contribution < 1.29 is 9.47 Å². The summed E-state index contributed by atoms with van der Waals surface area (Å²) >= 11 is 0. The zero-order valence-corrected chi connectivity index (χ0v) is 9.21. The summed E-state index contributed by atoms with van der Waals surface area (Å²) in [4.78, 5) is 0. The van der Waals surface area contributed by atoms with Gasteiger partial charge in [0.2, 0.25) is 0 Å². The molecule has 0 aliphatic carbocycles. The summed E-state index contributed by atoms with van der Waals surface area (Å²) in [5.41, 5.74) is 0. The Labute approximate surface area is 86.6 Å². The Hall–Kier alpha value is -0.920. The molecule has 14 heavy (non-hydrogen) atoms. The molecule has 2 nitrogen and oxygen atoms in total. The molecule has 0 aromatic rings. The molecule has 1 heterocycles. The van der Waals surface area contributed by atoms with Crippen LogP contribution in [0.15, 0.2) is 24.0 Å². The van der Waals surface area contributed by atoms with Crippen LogP contribution in [0.1, 0.15) is 52.4 Å². The average Bonchev–Trinajstić information content (AvgIpc) is 2.24. The summed E-state index contributed by atoms with van der Waals surface area (Å²) in [7, 11) is 0. The third kappa shape index (κ3) is 3.44. The molecule has 0 saturated heterocycles. The first kappa shape index (κ1) is 11.2. The van der Waals surface area contributed by atoms with Crippen LogP contribution in [-0.2, 0) is 9.47 Å². The summed E-state index contributed by atoms with van der Waals surface area (Å²) in [6.45, 7) is 4.37. The quantitative estimate of drug-likeness (QED) is 0.636. The summed E-state index contributed by atoms with van der Waals surface area (Å²) in [5.74, 6) is 2.06. The van der Waals surface area contributed by atoms with Gasteiger partial charge in [-0.25, -0.2) is 0 Å². The summed E-state index contributed by atoms with van der Waals surface area (Å²) in [6.07, 6.45) is 9.97. The van der Waals surface area contributed by atoms with E-state index < -0.39 is 0 Å². The molecule has 0 N–H and O–H groups in total. The minimum atomic E-state index is 1.000. The van der Waals surface area contributed by atoms with Gasteiger partial charge >= 0.3 is 0 Å². The van der Waals surface area contributed by atoms with Crippen LogP contribution >= 0.6 is 0 Å². The van der Waals surface area contributed by atoms with E-state index in [-0.39, 0.29) is 0 Å². The molecule has 0 aromatic carbocycles. The lowest BCUT2D eigenvalue weighted by Gasteiger charge is -2.16. The highest BCUT2D eigenvalue weighted by Crippen LogP contribution is 2.23. The minimum Gasteiger partial charge on any atom is -0.463 e. The average molecular weight is 196 g/mol. The smallest absolute Gasteiger partial charge is 0.141 e. The van der Waals surface area contributed by atoms with E-state index in [0.717, 1.165) is 24.4 Å². The van der Waals surface area contributed by atoms with Crippen molar-refractivity contribution in [1.82, 2.24) is 0 Å². The standard InChI is InChI=1S/C12H20O2/c1-3-5-7-11-12(8-6-4-2)14-10-9-13-11/h9-10H,3-8H2,1-2H3. The van der Waals surface area contributed by atoms with E-state index in [1.54, 1.807) is 12.5 Å². The van der Waals surface area contributed by atoms with Crippen molar-refractivity contribution in [3.63, 3.8) is 0 Å². The monoisotopic (exact) mass is 196 g/mol. The second kappa shape index (κ2) is 6.52. The van der Waals surface area contributed by atoms with Gasteiger partial charge in [0, 0.05) is 12.8 Å². The Morgan fingerprint density at radius 2 is 1.29 bits per heavy atom. The van der Waals surface area contributed by atoms with Gasteiger partial charge in [-0.1, -0.05) is 26.7 Å². The lowest BCUT2D eigenvalue weighted by atomic mass is 10.1. The van der Waals surface area contributed by atoms with Gasteiger partial charge < -0.3 is 9.47 Å². The fourth-order valence-corrected chi connectivity index (χ4v) is 1.42. The minimum absolute atomic E-state index is 1.000. The number of hydrogen-bond donors (Lipinski definition) is 0. The van der Waals surface area contributed by atoms with Gasteiger partial charge in [-0.05, 0) is 12.8 Å². The van der Waals surface area contributed by atoms with Crippen molar-refractivity contribution >= 4 is 0 Å². The Morgan fingerprint density at radius 3 is 1.64 bits per heavy atom. The van der Waals surface area contributed by atoms with Crippen LogP contribution in [0.2, 0.25) is 0 Å². The normalized spacial score (nSPS) is 15.3. The molecule has 0 saturated carbocycles. The number of rotatable bonds is 6. The number of unbranched alkanes of at least 4 members (excludes halogenated alkanes) is 2. The Kier molecular flexibility index (Phi) is 5.20. The predicted molar refractivity (Wildman–Crippen MR) is 57.4 cm³/mol. The van der Waals surface area contributed by atoms with Gasteiger partial charge in [-0.15, -0.1) is 0 Å². The predicted octanol–water partition coefficient (Wildman–Crippen LogP) is 4.10. The maximum atomic E-state index is 5.46. The SMILES string of the molecule is CCCCC1=C(CCCC)OC=CO1. The van der Waals surface area contributed by atoms with E-state index >= 15 is 0 Å². The topological polar surface area (TPSA) is 18.5 Å². The maximum absolute atomic E-state index is 5.46. The van der Waals surface area contributed by atoms with E-state index in [9.17, 15) is 0 Å². The van der Waals surface area contributed by atoms with Crippen molar-refractivity contribution in [2.75, 3.05) is 0 Å². The molecular weight excluding hydrogens is 176 g/mol. The second-order valence-corrected chi connectivity index (χ2v) is 3.56. The fourth-order valence-electron chi connectivity index (χ4n) is 1.42. The van der Waals surface area contributed by atoms with E-state index in [4.69, 9.17) is 9.47 Å². The molecule has 0 unspecified atom stereocenters. The third-order valence-electron chi connectivity index (χ3n) is 2.30. The van der Waals surface area contributed by atoms with Crippen LogP contribution in [0.25, 0.3) is 0 Å². The van der Waals surface area contributed by atoms with Crippen LogP contribution < -0.4 is 0 Å². The molecule has 0 fully saturated rings. The first-order valence-corrected chi connectivity index (χ1v) is 5.58. The second-order valence-electron chi connectivity index (χ2n) is 3.56. The molecule has 0 bridgehead atoms. The van der Waals surface area contributed by atoms with Crippen LogP contribution in [0, 0.1) is 0 Å². The lowest BCUT2D eigenvalue weighted by Crippen LogP contribution is -2.01. The lowest BCUT2D eigenvalue weighted by molar-refractivity contribution is 0.206.